The van der Waals surface area contributed by atoms with Crippen LogP contribution in [0.15, 0.2) is 18.2 Å². The number of hydrogen-bond acceptors (Lipinski definition) is 5. The third-order valence-corrected chi connectivity index (χ3v) is 2.54. The van der Waals surface area contributed by atoms with Crippen molar-refractivity contribution in [1.29, 1.82) is 5.26 Å². The van der Waals surface area contributed by atoms with Crippen LogP contribution in [0.5, 0.6) is 5.75 Å². The summed E-state index contributed by atoms with van der Waals surface area (Å²) in [6.45, 7) is 3.45. The van der Waals surface area contributed by atoms with Crippen molar-refractivity contribution in [3.05, 3.63) is 28.3 Å². The number of carbonyl (C=O) groups excluding carboxylic acids is 1. The largest absolute Gasteiger partial charge is 0.506 e. The average molecular weight is 263 g/mol. The van der Waals surface area contributed by atoms with E-state index in [4.69, 9.17) is 5.26 Å². The van der Waals surface area contributed by atoms with Gasteiger partial charge in [-0.3, -0.25) is 14.9 Å². The first-order valence-electron chi connectivity index (χ1n) is 5.54. The highest BCUT2D eigenvalue weighted by molar-refractivity contribution is 5.95. The minimum absolute atomic E-state index is 0.0384. The number of hydrogen-bond donors (Lipinski definition) is 2. The highest BCUT2D eigenvalue weighted by atomic mass is 16.6. The highest BCUT2D eigenvalue weighted by Gasteiger charge is 2.23. The molecule has 0 saturated carbocycles. The number of phenols is 1. The Bertz CT molecular complexity index is 548. The summed E-state index contributed by atoms with van der Waals surface area (Å²) in [5.74, 6) is -2.00. The molecule has 7 nitrogen and oxygen atoms in total. The molecule has 0 aliphatic rings. The Morgan fingerprint density at radius 3 is 2.58 bits per heavy atom. The first-order chi connectivity index (χ1) is 8.86. The molecule has 0 aliphatic heterocycles. The summed E-state index contributed by atoms with van der Waals surface area (Å²) in [5, 5.41) is 31.3. The van der Waals surface area contributed by atoms with E-state index in [-0.39, 0.29) is 17.3 Å². The van der Waals surface area contributed by atoms with Gasteiger partial charge in [-0.05, 0) is 12.0 Å². The average Bonchev–Trinajstić information content (AvgIpc) is 2.31. The van der Waals surface area contributed by atoms with Gasteiger partial charge in [-0.15, -0.1) is 0 Å². The smallest absolute Gasteiger partial charge is 0.273 e. The molecule has 0 bridgehead atoms. The molecule has 19 heavy (non-hydrogen) atoms. The van der Waals surface area contributed by atoms with Crippen LogP contribution >= 0.6 is 0 Å². The van der Waals surface area contributed by atoms with E-state index in [2.05, 4.69) is 5.32 Å². The fourth-order valence-corrected chi connectivity index (χ4v) is 1.46. The number of nitrogens with zero attached hydrogens (tertiary/aromatic N) is 2. The zero-order valence-electron chi connectivity index (χ0n) is 10.5. The van der Waals surface area contributed by atoms with Crippen LogP contribution in [0.1, 0.15) is 13.8 Å². The third kappa shape index (κ3) is 3.42. The van der Waals surface area contributed by atoms with Gasteiger partial charge in [-0.1, -0.05) is 13.8 Å². The van der Waals surface area contributed by atoms with Gasteiger partial charge in [-0.2, -0.15) is 5.26 Å². The monoisotopic (exact) mass is 263 g/mol. The normalized spacial score (nSPS) is 11.7. The fraction of sp³-hybridized carbons (Fsp3) is 0.333. The lowest BCUT2D eigenvalue weighted by atomic mass is 9.96. The van der Waals surface area contributed by atoms with Gasteiger partial charge in [0.25, 0.3) is 5.69 Å². The van der Waals surface area contributed by atoms with Crippen molar-refractivity contribution in [2.75, 3.05) is 5.32 Å². The molecule has 7 heteroatoms. The Morgan fingerprint density at radius 1 is 1.53 bits per heavy atom. The number of carbonyl (C=O) groups is 1. The summed E-state index contributed by atoms with van der Waals surface area (Å²) in [5.41, 5.74) is -0.243. The number of nitro benzene ring substituents is 1. The third-order valence-electron chi connectivity index (χ3n) is 2.54. The SMILES string of the molecule is CC(C)C(C#N)C(=O)Nc1ccc([N+](=O)[O-])cc1O. The van der Waals surface area contributed by atoms with Crippen LogP contribution < -0.4 is 5.32 Å². The molecule has 1 atom stereocenters. The second-order valence-electron chi connectivity index (χ2n) is 4.30. The number of phenolic OH excluding ortho intramolecular Hbond substituents is 1. The summed E-state index contributed by atoms with van der Waals surface area (Å²) in [6.07, 6.45) is 0. The lowest BCUT2D eigenvalue weighted by molar-refractivity contribution is -0.384. The Hall–Kier alpha value is -2.62. The van der Waals surface area contributed by atoms with E-state index in [0.717, 1.165) is 12.1 Å². The lowest BCUT2D eigenvalue weighted by Crippen LogP contribution is -2.25. The van der Waals surface area contributed by atoms with Crippen molar-refractivity contribution in [1.82, 2.24) is 0 Å². The molecular formula is C12H13N3O4. The Balaban J connectivity index is 2.92. The van der Waals surface area contributed by atoms with Crippen molar-refractivity contribution < 1.29 is 14.8 Å². The van der Waals surface area contributed by atoms with Gasteiger partial charge in [0.15, 0.2) is 0 Å². The maximum Gasteiger partial charge on any atom is 0.273 e. The lowest BCUT2D eigenvalue weighted by Gasteiger charge is -2.13. The Morgan fingerprint density at radius 2 is 2.16 bits per heavy atom. The number of rotatable bonds is 4. The van der Waals surface area contributed by atoms with Gasteiger partial charge in [0.05, 0.1) is 22.7 Å². The molecule has 100 valence electrons. The van der Waals surface area contributed by atoms with E-state index in [0.29, 0.717) is 0 Å². The molecule has 0 fully saturated rings. The number of nitro groups is 1. The zero-order valence-corrected chi connectivity index (χ0v) is 10.5. The van der Waals surface area contributed by atoms with Crippen LogP contribution in [-0.4, -0.2) is 15.9 Å². The summed E-state index contributed by atoms with van der Waals surface area (Å²) >= 11 is 0. The molecule has 1 unspecified atom stereocenters. The van der Waals surface area contributed by atoms with Gasteiger partial charge in [0.1, 0.15) is 11.7 Å². The van der Waals surface area contributed by atoms with E-state index in [1.54, 1.807) is 13.8 Å². The van der Waals surface area contributed by atoms with E-state index in [1.165, 1.54) is 6.07 Å². The summed E-state index contributed by atoms with van der Waals surface area (Å²) in [7, 11) is 0. The number of amides is 1. The topological polar surface area (TPSA) is 116 Å². The van der Waals surface area contributed by atoms with Gasteiger partial charge in [0.2, 0.25) is 5.91 Å². The van der Waals surface area contributed by atoms with Gasteiger partial charge < -0.3 is 10.4 Å². The number of anilines is 1. The van der Waals surface area contributed by atoms with E-state index < -0.39 is 22.5 Å². The second-order valence-corrected chi connectivity index (χ2v) is 4.30. The predicted octanol–water partition coefficient (Wildman–Crippen LogP) is 2.03. The number of nitrogens with one attached hydrogen (secondary N) is 1. The molecule has 0 spiro atoms. The maximum absolute atomic E-state index is 11.8. The van der Waals surface area contributed by atoms with Crippen LogP contribution in [-0.2, 0) is 4.79 Å². The molecule has 1 rings (SSSR count). The first kappa shape index (κ1) is 14.4. The molecule has 2 N–H and O–H groups in total. The van der Waals surface area contributed by atoms with Gasteiger partial charge >= 0.3 is 0 Å². The van der Waals surface area contributed by atoms with Crippen LogP contribution in [0.3, 0.4) is 0 Å². The molecule has 0 aliphatic carbocycles. The van der Waals surface area contributed by atoms with Gasteiger partial charge in [-0.25, -0.2) is 0 Å². The van der Waals surface area contributed by atoms with E-state index in [9.17, 15) is 20.0 Å². The summed E-state index contributed by atoms with van der Waals surface area (Å²) in [6, 6.07) is 5.19. The van der Waals surface area contributed by atoms with E-state index >= 15 is 0 Å². The zero-order chi connectivity index (χ0) is 14.6. The van der Waals surface area contributed by atoms with Crippen LogP contribution in [0.4, 0.5) is 11.4 Å². The number of benzene rings is 1. The van der Waals surface area contributed by atoms with Crippen LogP contribution in [0, 0.1) is 33.3 Å². The number of nitriles is 1. The van der Waals surface area contributed by atoms with Crippen molar-refractivity contribution in [2.45, 2.75) is 13.8 Å². The first-order valence-corrected chi connectivity index (χ1v) is 5.54. The van der Waals surface area contributed by atoms with Crippen molar-refractivity contribution in [2.24, 2.45) is 11.8 Å². The fourth-order valence-electron chi connectivity index (χ4n) is 1.46. The summed E-state index contributed by atoms with van der Waals surface area (Å²) in [4.78, 5) is 21.6. The Labute approximate surface area is 109 Å². The summed E-state index contributed by atoms with van der Waals surface area (Å²) < 4.78 is 0. The second kappa shape index (κ2) is 5.82. The molecular weight excluding hydrogens is 250 g/mol. The number of aromatic hydroxyl groups is 1. The molecule has 0 aromatic heterocycles. The molecule has 1 aromatic rings. The predicted molar refractivity (Wildman–Crippen MR) is 67.3 cm³/mol. The maximum atomic E-state index is 11.8. The standard InChI is InChI=1S/C12H13N3O4/c1-7(2)9(6-13)12(17)14-10-4-3-8(15(18)19)5-11(10)16/h3-5,7,9,16H,1-2H3,(H,14,17). The van der Waals surface area contributed by atoms with Gasteiger partial charge in [0, 0.05) is 6.07 Å². The quantitative estimate of drug-likeness (QED) is 0.489. The Kier molecular flexibility index (Phi) is 4.42. The van der Waals surface area contributed by atoms with Crippen molar-refractivity contribution >= 4 is 17.3 Å². The van der Waals surface area contributed by atoms with Crippen LogP contribution in [0.2, 0.25) is 0 Å². The molecule has 1 aromatic carbocycles. The highest BCUT2D eigenvalue weighted by Crippen LogP contribution is 2.28. The van der Waals surface area contributed by atoms with Crippen molar-refractivity contribution in [3.63, 3.8) is 0 Å². The van der Waals surface area contributed by atoms with Crippen molar-refractivity contribution in [3.8, 4) is 11.8 Å². The minimum Gasteiger partial charge on any atom is -0.506 e. The molecule has 0 saturated heterocycles. The molecule has 1 amide bonds. The molecule has 0 radical (unpaired) electrons. The van der Waals surface area contributed by atoms with Crippen LogP contribution in [0.25, 0.3) is 0 Å². The van der Waals surface area contributed by atoms with E-state index in [1.807, 2.05) is 6.07 Å². The number of non-ortho nitro benzene ring substituents is 1. The minimum atomic E-state index is -0.852. The molecule has 0 heterocycles.